The normalized spacial score (nSPS) is 26.3. The Morgan fingerprint density at radius 1 is 1.22 bits per heavy atom. The Bertz CT molecular complexity index is 615. The maximum Gasteiger partial charge on any atom is -0.00856 e. The summed E-state index contributed by atoms with van der Waals surface area (Å²) in [6.45, 7) is 14.4. The Balaban J connectivity index is 2.02. The van der Waals surface area contributed by atoms with E-state index in [1.54, 1.807) is 16.7 Å². The molecule has 0 aliphatic heterocycles. The van der Waals surface area contributed by atoms with E-state index in [0.29, 0.717) is 10.8 Å². The number of benzene rings is 1. The molecule has 0 aromatic heterocycles. The van der Waals surface area contributed by atoms with E-state index in [0.717, 1.165) is 11.8 Å². The van der Waals surface area contributed by atoms with Crippen LogP contribution in [0.4, 0.5) is 0 Å². The first-order chi connectivity index (χ1) is 10.7. The summed E-state index contributed by atoms with van der Waals surface area (Å²) in [5, 5.41) is 0. The predicted molar refractivity (Wildman–Crippen MR) is 101 cm³/mol. The molecule has 2 aliphatic carbocycles. The molecule has 0 saturated heterocycles. The zero-order chi connectivity index (χ0) is 16.8. The van der Waals surface area contributed by atoms with Crippen molar-refractivity contribution in [3.63, 3.8) is 0 Å². The fraction of sp³-hybridized carbons (Fsp3) is 0.652. The molecular weight excluding hydrogens is 276 g/mol. The zero-order valence-electron chi connectivity index (χ0n) is 16.0. The second kappa shape index (κ2) is 5.80. The van der Waals surface area contributed by atoms with Crippen molar-refractivity contribution >= 4 is 0 Å². The molecule has 1 aromatic carbocycles. The molecule has 23 heavy (non-hydrogen) atoms. The van der Waals surface area contributed by atoms with Gasteiger partial charge in [-0.25, -0.2) is 0 Å². The first kappa shape index (κ1) is 16.8. The van der Waals surface area contributed by atoms with Crippen LogP contribution in [0.2, 0.25) is 0 Å². The molecule has 126 valence electrons. The van der Waals surface area contributed by atoms with Gasteiger partial charge in [0, 0.05) is 0 Å². The van der Waals surface area contributed by atoms with E-state index in [4.69, 9.17) is 0 Å². The first-order valence-electron chi connectivity index (χ1n) is 9.53. The lowest BCUT2D eigenvalue weighted by Gasteiger charge is -2.47. The average molecular weight is 311 g/mol. The highest BCUT2D eigenvalue weighted by Crippen LogP contribution is 2.53. The Kier molecular flexibility index (Phi) is 4.23. The Morgan fingerprint density at radius 2 is 1.96 bits per heavy atom. The summed E-state index contributed by atoms with van der Waals surface area (Å²) in [5.41, 5.74) is 7.13. The maximum absolute atomic E-state index is 2.55. The quantitative estimate of drug-likeness (QED) is 0.539. The van der Waals surface area contributed by atoms with Gasteiger partial charge in [0.05, 0.1) is 0 Å². The molecule has 0 unspecified atom stereocenters. The van der Waals surface area contributed by atoms with Crippen molar-refractivity contribution in [1.82, 2.24) is 0 Å². The predicted octanol–water partition coefficient (Wildman–Crippen LogP) is 6.79. The Morgan fingerprint density at radius 3 is 2.65 bits per heavy atom. The minimum absolute atomic E-state index is 0.299. The van der Waals surface area contributed by atoms with Gasteiger partial charge in [-0.2, -0.15) is 0 Å². The zero-order valence-corrected chi connectivity index (χ0v) is 16.0. The third kappa shape index (κ3) is 3.02. The van der Waals surface area contributed by atoms with Gasteiger partial charge in [-0.1, -0.05) is 70.9 Å². The van der Waals surface area contributed by atoms with E-state index in [1.807, 2.05) is 0 Å². The standard InChI is InChI=1S/C23H34/c1-7-12-22(3,4)18-9-10-19-17(14-18)15-23(5,6)21-11-8-16(2)13-20(19)21/h8-10,14,20-21H,7,11-13,15H2,1-6H3/t20-,21+/m0/s1. The SMILES string of the molecule is CCCC(C)(C)c1ccc2c(c1)CC(C)(C)[C@@H]1CC=C(C)C[C@@H]21. The topological polar surface area (TPSA) is 0 Å². The summed E-state index contributed by atoms with van der Waals surface area (Å²) in [4.78, 5) is 0. The van der Waals surface area contributed by atoms with Crippen LogP contribution >= 0.6 is 0 Å². The van der Waals surface area contributed by atoms with Crippen LogP contribution in [0.15, 0.2) is 29.8 Å². The fourth-order valence-electron chi connectivity index (χ4n) is 5.19. The molecule has 0 spiro atoms. The fourth-order valence-corrected chi connectivity index (χ4v) is 5.19. The monoisotopic (exact) mass is 310 g/mol. The molecule has 0 bridgehead atoms. The first-order valence-corrected chi connectivity index (χ1v) is 9.53. The highest BCUT2D eigenvalue weighted by molar-refractivity contribution is 5.42. The minimum Gasteiger partial charge on any atom is -0.0853 e. The molecule has 0 heteroatoms. The van der Waals surface area contributed by atoms with Crippen molar-refractivity contribution in [3.05, 3.63) is 46.5 Å². The van der Waals surface area contributed by atoms with Crippen LogP contribution in [-0.2, 0) is 11.8 Å². The van der Waals surface area contributed by atoms with Gasteiger partial charge in [-0.15, -0.1) is 0 Å². The summed E-state index contributed by atoms with van der Waals surface area (Å²) < 4.78 is 0. The van der Waals surface area contributed by atoms with Crippen molar-refractivity contribution in [2.75, 3.05) is 0 Å². The molecule has 1 aromatic rings. The number of hydrogen-bond donors (Lipinski definition) is 0. The molecule has 2 aliphatic rings. The van der Waals surface area contributed by atoms with Crippen LogP contribution in [0, 0.1) is 11.3 Å². The van der Waals surface area contributed by atoms with Gasteiger partial charge in [0.2, 0.25) is 0 Å². The molecule has 0 radical (unpaired) electrons. The molecule has 0 saturated carbocycles. The van der Waals surface area contributed by atoms with E-state index in [1.165, 1.54) is 37.7 Å². The number of hydrogen-bond acceptors (Lipinski definition) is 0. The van der Waals surface area contributed by atoms with Crippen molar-refractivity contribution in [3.8, 4) is 0 Å². The second-order valence-corrected chi connectivity index (χ2v) is 9.42. The minimum atomic E-state index is 0.299. The molecule has 0 N–H and O–H groups in total. The molecule has 0 fully saturated rings. The van der Waals surface area contributed by atoms with Gasteiger partial charge in [0.15, 0.2) is 0 Å². The van der Waals surface area contributed by atoms with Crippen LogP contribution in [0.3, 0.4) is 0 Å². The third-order valence-corrected chi connectivity index (χ3v) is 6.60. The van der Waals surface area contributed by atoms with E-state index in [-0.39, 0.29) is 0 Å². The number of rotatable bonds is 3. The van der Waals surface area contributed by atoms with Crippen LogP contribution in [0.25, 0.3) is 0 Å². The van der Waals surface area contributed by atoms with Gasteiger partial charge in [0.25, 0.3) is 0 Å². The molecule has 0 amide bonds. The molecule has 0 heterocycles. The van der Waals surface area contributed by atoms with E-state index in [9.17, 15) is 0 Å². The van der Waals surface area contributed by atoms with Gasteiger partial charge in [0.1, 0.15) is 0 Å². The van der Waals surface area contributed by atoms with Gasteiger partial charge in [-0.05, 0) is 72.0 Å². The maximum atomic E-state index is 2.55. The Hall–Kier alpha value is -1.04. The van der Waals surface area contributed by atoms with Crippen molar-refractivity contribution in [2.24, 2.45) is 11.3 Å². The second-order valence-electron chi connectivity index (χ2n) is 9.42. The van der Waals surface area contributed by atoms with Gasteiger partial charge >= 0.3 is 0 Å². The highest BCUT2D eigenvalue weighted by atomic mass is 14.5. The third-order valence-electron chi connectivity index (χ3n) is 6.60. The lowest BCUT2D eigenvalue weighted by Crippen LogP contribution is -2.38. The van der Waals surface area contributed by atoms with E-state index in [2.05, 4.69) is 65.8 Å². The Labute approximate surface area is 143 Å². The summed E-state index contributed by atoms with van der Waals surface area (Å²) in [6, 6.07) is 7.46. The average Bonchev–Trinajstić information content (AvgIpc) is 2.45. The summed E-state index contributed by atoms with van der Waals surface area (Å²) in [6.07, 6.45) is 8.79. The van der Waals surface area contributed by atoms with Crippen LogP contribution < -0.4 is 0 Å². The van der Waals surface area contributed by atoms with Crippen molar-refractivity contribution in [1.29, 1.82) is 0 Å². The lowest BCUT2D eigenvalue weighted by atomic mass is 9.57. The summed E-state index contributed by atoms with van der Waals surface area (Å²) in [5.74, 6) is 1.55. The highest BCUT2D eigenvalue weighted by Gasteiger charge is 2.42. The molecular formula is C23H34. The summed E-state index contributed by atoms with van der Waals surface area (Å²) >= 11 is 0. The number of allylic oxidation sites excluding steroid dienone is 2. The smallest absolute Gasteiger partial charge is 0.00856 e. The van der Waals surface area contributed by atoms with E-state index >= 15 is 0 Å². The lowest BCUT2D eigenvalue weighted by molar-refractivity contribution is 0.151. The van der Waals surface area contributed by atoms with E-state index < -0.39 is 0 Å². The van der Waals surface area contributed by atoms with Crippen molar-refractivity contribution < 1.29 is 0 Å². The van der Waals surface area contributed by atoms with Crippen LogP contribution in [0.5, 0.6) is 0 Å². The van der Waals surface area contributed by atoms with Crippen LogP contribution in [-0.4, -0.2) is 0 Å². The van der Waals surface area contributed by atoms with Gasteiger partial charge in [-0.3, -0.25) is 0 Å². The summed E-state index contributed by atoms with van der Waals surface area (Å²) in [7, 11) is 0. The largest absolute Gasteiger partial charge is 0.0853 e. The van der Waals surface area contributed by atoms with Crippen LogP contribution in [0.1, 0.15) is 89.8 Å². The molecule has 3 rings (SSSR count). The number of fused-ring (bicyclic) bond motifs is 3. The molecule has 2 atom stereocenters. The van der Waals surface area contributed by atoms with Crippen molar-refractivity contribution in [2.45, 2.75) is 85.0 Å². The molecule has 0 nitrogen and oxygen atoms in total. The van der Waals surface area contributed by atoms with Gasteiger partial charge < -0.3 is 0 Å².